The Hall–Kier alpha value is -7.56. The fourth-order valence-electron chi connectivity index (χ4n) is 15.3. The molecular formula is C89H91B3BrIN2O6. The minimum atomic E-state index is -0.371. The Kier molecular flexibility index (Phi) is 18.2. The van der Waals surface area contributed by atoms with Crippen molar-refractivity contribution in [2.24, 2.45) is 0 Å². The van der Waals surface area contributed by atoms with E-state index in [1.54, 1.807) is 0 Å². The van der Waals surface area contributed by atoms with Crippen LogP contribution in [0.4, 0.5) is 0 Å². The van der Waals surface area contributed by atoms with Gasteiger partial charge in [-0.1, -0.05) is 225 Å². The molecule has 3 saturated heterocycles. The summed E-state index contributed by atoms with van der Waals surface area (Å²) in [5, 5.41) is 5.04. The molecule has 2 aromatic heterocycles. The molecule has 0 saturated carbocycles. The van der Waals surface area contributed by atoms with Crippen LogP contribution in [0.1, 0.15) is 144 Å². The van der Waals surface area contributed by atoms with Crippen molar-refractivity contribution in [1.82, 2.24) is 9.13 Å². The van der Waals surface area contributed by atoms with Crippen LogP contribution in [0, 0.1) is 0 Å². The van der Waals surface area contributed by atoms with E-state index in [2.05, 4.69) is 378 Å². The molecule has 2 aliphatic carbocycles. The highest BCUT2D eigenvalue weighted by Crippen LogP contribution is 2.52. The lowest BCUT2D eigenvalue weighted by Gasteiger charge is -2.32. The number of rotatable bonds is 8. The summed E-state index contributed by atoms with van der Waals surface area (Å²) >= 11 is 5.73. The summed E-state index contributed by atoms with van der Waals surface area (Å²) in [6.45, 7) is 42.2. The standard InChI is InChI=1S/C41H38BNO2.C27H36B2O4.C20H14BrN.CH3I/c1-8-26-13-18-30(19-14-26)43-37-12-10-9-11-33(37)34-23-27(16-22-38(34)43)28-15-20-31-32-21-17-29(25-36(32)39(2,3)35(31)24-28)42-44-40(4,5)41(6,7)45-42;1-23(2)21-15-17(28-30-24(3,4)25(5,6)31-28)11-13-19(21)20-14-12-18(16-22(20)23)29-32-26(7,8)27(9,10)33-29;1-2-14-7-10-16(11-8-14)22-19-6-4-3-5-17(19)18-13-15(21)9-12-20(18)22;1-2/h8-25H,1H2,2-7H3;11-16H,1-10H3;2-13H,1H2;1H3. The van der Waals surface area contributed by atoms with Gasteiger partial charge in [0, 0.05) is 48.2 Å². The fourth-order valence-corrected chi connectivity index (χ4v) is 15.6. The Morgan fingerprint density at radius 3 is 0.980 bits per heavy atom. The summed E-state index contributed by atoms with van der Waals surface area (Å²) in [5.74, 6) is 0. The summed E-state index contributed by atoms with van der Waals surface area (Å²) < 4.78 is 43.9. The van der Waals surface area contributed by atoms with Crippen LogP contribution in [-0.2, 0) is 38.8 Å². The van der Waals surface area contributed by atoms with Crippen molar-refractivity contribution in [1.29, 1.82) is 0 Å². The van der Waals surface area contributed by atoms with Gasteiger partial charge in [-0.05, 0) is 244 Å². The van der Waals surface area contributed by atoms with E-state index in [9.17, 15) is 0 Å². The number of nitrogens with zero attached hydrogens (tertiary/aromatic N) is 2. The molecule has 10 aromatic carbocycles. The highest BCUT2D eigenvalue weighted by molar-refractivity contribution is 14.1. The molecule has 516 valence electrons. The molecule has 0 spiro atoms. The lowest BCUT2D eigenvalue weighted by molar-refractivity contribution is 0.00578. The van der Waals surface area contributed by atoms with Crippen molar-refractivity contribution >= 4 is 132 Å². The van der Waals surface area contributed by atoms with Gasteiger partial charge in [0.25, 0.3) is 0 Å². The second kappa shape index (κ2) is 25.9. The summed E-state index contributed by atoms with van der Waals surface area (Å²) in [6.07, 6.45) is 3.75. The minimum Gasteiger partial charge on any atom is -0.399 e. The van der Waals surface area contributed by atoms with Crippen molar-refractivity contribution in [3.05, 3.63) is 257 Å². The number of hydrogen-bond donors (Lipinski definition) is 0. The number of alkyl halides is 1. The second-order valence-electron chi connectivity index (χ2n) is 31.9. The monoisotopic (exact) mass is 1520 g/mol. The van der Waals surface area contributed by atoms with Crippen molar-refractivity contribution in [2.45, 2.75) is 155 Å². The van der Waals surface area contributed by atoms with E-state index in [4.69, 9.17) is 27.9 Å². The van der Waals surface area contributed by atoms with Crippen LogP contribution >= 0.6 is 38.5 Å². The van der Waals surface area contributed by atoms with Gasteiger partial charge in [0.1, 0.15) is 0 Å². The van der Waals surface area contributed by atoms with Crippen LogP contribution in [0.25, 0.3) is 101 Å². The SMILES string of the molecule is C=Cc1ccc(-n2c3ccccc3c3cc(-c4ccc5c(c4)C(C)(C)c4cc(B6OC(C)(C)C(C)(C)O6)ccc4-5)ccc32)cc1.C=Cc1ccc(-n2c3ccccc3c3cc(Br)ccc32)cc1.CC1(C)c2cc(B3OC(C)(C)C(C)(C)O3)ccc2-c2ccc(B3OC(C)(C)C(C)(C)O3)cc21.CI. The minimum absolute atomic E-state index is 0.149. The van der Waals surface area contributed by atoms with Crippen LogP contribution < -0.4 is 16.4 Å². The van der Waals surface area contributed by atoms with Gasteiger partial charge in [-0.15, -0.1) is 0 Å². The average Bonchev–Trinajstić information content (AvgIpc) is 1.57. The zero-order chi connectivity index (χ0) is 72.6. The van der Waals surface area contributed by atoms with E-state index in [1.807, 2.05) is 17.1 Å². The molecule has 5 aliphatic rings. The third kappa shape index (κ3) is 12.0. The smallest absolute Gasteiger partial charge is 0.399 e. The number of hydrogen-bond acceptors (Lipinski definition) is 6. The van der Waals surface area contributed by atoms with Gasteiger partial charge in [0.05, 0.1) is 55.7 Å². The van der Waals surface area contributed by atoms with Crippen LogP contribution in [0.2, 0.25) is 0 Å². The van der Waals surface area contributed by atoms with Gasteiger partial charge in [-0.3, -0.25) is 0 Å². The molecule has 102 heavy (non-hydrogen) atoms. The molecule has 0 unspecified atom stereocenters. The number of aromatic nitrogens is 2. The fraction of sp³-hybridized carbons (Fsp3) is 0.281. The van der Waals surface area contributed by atoms with Gasteiger partial charge < -0.3 is 37.1 Å². The van der Waals surface area contributed by atoms with E-state index in [0.717, 1.165) is 37.7 Å². The van der Waals surface area contributed by atoms with Gasteiger partial charge in [-0.2, -0.15) is 0 Å². The third-order valence-electron chi connectivity index (χ3n) is 23.4. The lowest BCUT2D eigenvalue weighted by atomic mass is 9.73. The second-order valence-corrected chi connectivity index (χ2v) is 32.8. The number of fused-ring (bicyclic) bond motifs is 12. The average molecular weight is 1520 g/mol. The molecular weight excluding hydrogens is 1430 g/mol. The number of para-hydroxylation sites is 2. The molecule has 3 fully saturated rings. The molecule has 0 atom stereocenters. The van der Waals surface area contributed by atoms with Gasteiger partial charge >= 0.3 is 21.4 Å². The zero-order valence-electron chi connectivity index (χ0n) is 62.0. The van der Waals surface area contributed by atoms with Crippen molar-refractivity contribution < 1.29 is 27.9 Å². The first kappa shape index (κ1) is 71.4. The predicted molar refractivity (Wildman–Crippen MR) is 444 cm³/mol. The molecule has 13 heteroatoms. The van der Waals surface area contributed by atoms with E-state index < -0.39 is 0 Å². The topological polar surface area (TPSA) is 65.2 Å². The molecule has 12 aromatic rings. The summed E-state index contributed by atoms with van der Waals surface area (Å²) in [6, 6.07) is 74.7. The maximum Gasteiger partial charge on any atom is 0.494 e. The first-order valence-corrected chi connectivity index (χ1v) is 38.5. The molecule has 17 rings (SSSR count). The first-order valence-electron chi connectivity index (χ1n) is 35.5. The van der Waals surface area contributed by atoms with Crippen molar-refractivity contribution in [3.8, 4) is 44.8 Å². The largest absolute Gasteiger partial charge is 0.494 e. The Labute approximate surface area is 626 Å². The van der Waals surface area contributed by atoms with Gasteiger partial charge in [-0.25, -0.2) is 0 Å². The number of benzene rings is 10. The zero-order valence-corrected chi connectivity index (χ0v) is 65.8. The molecule has 0 N–H and O–H groups in total. The molecule has 8 nitrogen and oxygen atoms in total. The van der Waals surface area contributed by atoms with Crippen LogP contribution in [0.15, 0.2) is 224 Å². The Balaban J connectivity index is 0.000000136. The van der Waals surface area contributed by atoms with E-state index in [0.29, 0.717) is 0 Å². The maximum atomic E-state index is 6.41. The molecule has 5 heterocycles. The molecule has 3 aliphatic heterocycles. The van der Waals surface area contributed by atoms with E-state index >= 15 is 0 Å². The normalized spacial score (nSPS) is 18.4. The van der Waals surface area contributed by atoms with Gasteiger partial charge in [0.2, 0.25) is 0 Å². The molecule has 0 bridgehead atoms. The van der Waals surface area contributed by atoms with Crippen LogP contribution in [-0.4, -0.2) is 69.0 Å². The van der Waals surface area contributed by atoms with Crippen LogP contribution in [0.3, 0.4) is 0 Å². The van der Waals surface area contributed by atoms with Gasteiger partial charge in [0.15, 0.2) is 0 Å². The quantitative estimate of drug-likeness (QED) is 0.0858. The highest BCUT2D eigenvalue weighted by atomic mass is 127. The third-order valence-corrected chi connectivity index (χ3v) is 23.9. The summed E-state index contributed by atoms with van der Waals surface area (Å²) in [4.78, 5) is 1.97. The maximum absolute atomic E-state index is 6.41. The summed E-state index contributed by atoms with van der Waals surface area (Å²) in [5.41, 5.74) is 23.1. The highest BCUT2D eigenvalue weighted by Gasteiger charge is 2.55. The van der Waals surface area contributed by atoms with E-state index in [1.165, 1.54) is 105 Å². The molecule has 0 amide bonds. The predicted octanol–water partition coefficient (Wildman–Crippen LogP) is 21.5. The Bertz CT molecular complexity index is 5180. The molecule has 0 radical (unpaired) electrons. The Morgan fingerprint density at radius 2 is 0.618 bits per heavy atom. The first-order chi connectivity index (χ1) is 48.3. The Morgan fingerprint density at radius 1 is 0.324 bits per heavy atom. The van der Waals surface area contributed by atoms with Crippen LogP contribution in [0.5, 0.6) is 0 Å². The summed E-state index contributed by atoms with van der Waals surface area (Å²) in [7, 11) is -1.09. The number of halogens is 2. The lowest BCUT2D eigenvalue weighted by Crippen LogP contribution is -2.41. The van der Waals surface area contributed by atoms with Crippen molar-refractivity contribution in [2.75, 3.05) is 4.93 Å². The van der Waals surface area contributed by atoms with Crippen molar-refractivity contribution in [3.63, 3.8) is 0 Å². The van der Waals surface area contributed by atoms with E-state index in [-0.39, 0.29) is 65.8 Å².